The standard InChI is InChI=1S/C22H46O2/c1-5-7-9-11-13-15-19-23-21(3)17-18-22(4)24-20-16-14-12-10-8-6-2/h21-22H,5-20H2,1-4H3. The van der Waals surface area contributed by atoms with E-state index < -0.39 is 0 Å². The Bertz CT molecular complexity index is 206. The van der Waals surface area contributed by atoms with E-state index in [1.54, 1.807) is 0 Å². The van der Waals surface area contributed by atoms with Gasteiger partial charge in [-0.25, -0.2) is 0 Å². The predicted octanol–water partition coefficient (Wildman–Crippen LogP) is 7.30. The summed E-state index contributed by atoms with van der Waals surface area (Å²) in [7, 11) is 0. The summed E-state index contributed by atoms with van der Waals surface area (Å²) in [4.78, 5) is 0. The first-order valence-electron chi connectivity index (χ1n) is 10.9. The van der Waals surface area contributed by atoms with E-state index in [1.807, 2.05) is 0 Å². The minimum Gasteiger partial charge on any atom is -0.379 e. The molecule has 0 fully saturated rings. The van der Waals surface area contributed by atoms with Crippen LogP contribution in [0.3, 0.4) is 0 Å². The van der Waals surface area contributed by atoms with Gasteiger partial charge in [-0.2, -0.15) is 0 Å². The quantitative estimate of drug-likeness (QED) is 0.229. The van der Waals surface area contributed by atoms with E-state index in [4.69, 9.17) is 9.47 Å². The molecule has 0 saturated carbocycles. The Labute approximate surface area is 153 Å². The minimum absolute atomic E-state index is 0.376. The Hall–Kier alpha value is -0.0800. The topological polar surface area (TPSA) is 18.5 Å². The maximum Gasteiger partial charge on any atom is 0.0547 e. The zero-order chi connectivity index (χ0) is 17.9. The SMILES string of the molecule is CCCCCCCCOC(C)CCC(C)OCCCCCCCC. The smallest absolute Gasteiger partial charge is 0.0547 e. The van der Waals surface area contributed by atoms with Crippen molar-refractivity contribution in [3.8, 4) is 0 Å². The van der Waals surface area contributed by atoms with Crippen molar-refractivity contribution in [2.75, 3.05) is 13.2 Å². The van der Waals surface area contributed by atoms with Crippen molar-refractivity contribution < 1.29 is 9.47 Å². The van der Waals surface area contributed by atoms with E-state index in [0.29, 0.717) is 12.2 Å². The van der Waals surface area contributed by atoms with Gasteiger partial charge in [-0.3, -0.25) is 0 Å². The maximum absolute atomic E-state index is 5.92. The number of unbranched alkanes of at least 4 members (excludes halogenated alkanes) is 10. The molecule has 0 aliphatic heterocycles. The normalized spacial score (nSPS) is 14.0. The summed E-state index contributed by atoms with van der Waals surface area (Å²) in [5, 5.41) is 0. The molecule has 0 bridgehead atoms. The molecule has 0 heterocycles. The Morgan fingerprint density at radius 3 is 1.21 bits per heavy atom. The highest BCUT2D eigenvalue weighted by Gasteiger charge is 2.07. The molecule has 0 aromatic carbocycles. The summed E-state index contributed by atoms with van der Waals surface area (Å²) in [5.41, 5.74) is 0. The van der Waals surface area contributed by atoms with Crippen LogP contribution in [0.25, 0.3) is 0 Å². The molecule has 2 atom stereocenters. The predicted molar refractivity (Wildman–Crippen MR) is 107 cm³/mol. The molecule has 2 unspecified atom stereocenters. The molecule has 0 aromatic heterocycles. The Morgan fingerprint density at radius 1 is 0.500 bits per heavy atom. The van der Waals surface area contributed by atoms with Gasteiger partial charge < -0.3 is 9.47 Å². The first kappa shape index (κ1) is 23.9. The van der Waals surface area contributed by atoms with E-state index in [9.17, 15) is 0 Å². The fourth-order valence-corrected chi connectivity index (χ4v) is 2.97. The second-order valence-electron chi connectivity index (χ2n) is 7.48. The van der Waals surface area contributed by atoms with Crippen molar-refractivity contribution in [2.24, 2.45) is 0 Å². The highest BCUT2D eigenvalue weighted by molar-refractivity contribution is 4.57. The fraction of sp³-hybridized carbons (Fsp3) is 1.00. The number of rotatable bonds is 19. The summed E-state index contributed by atoms with van der Waals surface area (Å²) in [6.07, 6.45) is 19.0. The zero-order valence-corrected chi connectivity index (χ0v) is 17.3. The van der Waals surface area contributed by atoms with Crippen LogP contribution in [-0.2, 0) is 9.47 Å². The van der Waals surface area contributed by atoms with E-state index in [0.717, 1.165) is 26.1 Å². The van der Waals surface area contributed by atoms with Gasteiger partial charge in [0.25, 0.3) is 0 Å². The second-order valence-corrected chi connectivity index (χ2v) is 7.48. The van der Waals surface area contributed by atoms with Gasteiger partial charge in [-0.05, 0) is 39.5 Å². The van der Waals surface area contributed by atoms with E-state index >= 15 is 0 Å². The molecule has 0 aliphatic rings. The summed E-state index contributed by atoms with van der Waals surface area (Å²) in [6, 6.07) is 0. The Morgan fingerprint density at radius 2 is 0.833 bits per heavy atom. The van der Waals surface area contributed by atoms with Gasteiger partial charge in [-0.15, -0.1) is 0 Å². The maximum atomic E-state index is 5.92. The first-order chi connectivity index (χ1) is 11.7. The number of hydrogen-bond donors (Lipinski definition) is 0. The van der Waals surface area contributed by atoms with Gasteiger partial charge in [-0.1, -0.05) is 78.1 Å². The van der Waals surface area contributed by atoms with Crippen molar-refractivity contribution in [2.45, 2.75) is 130 Å². The van der Waals surface area contributed by atoms with Crippen molar-refractivity contribution in [3.63, 3.8) is 0 Å². The van der Waals surface area contributed by atoms with E-state index in [2.05, 4.69) is 27.7 Å². The average molecular weight is 343 g/mol. The second kappa shape index (κ2) is 19.2. The third-order valence-corrected chi connectivity index (χ3v) is 4.78. The fourth-order valence-electron chi connectivity index (χ4n) is 2.97. The Balaban J connectivity index is 3.31. The molecule has 0 saturated heterocycles. The molecular formula is C22H46O2. The largest absolute Gasteiger partial charge is 0.379 e. The van der Waals surface area contributed by atoms with Crippen LogP contribution in [0, 0.1) is 0 Å². The van der Waals surface area contributed by atoms with Crippen LogP contribution in [0.4, 0.5) is 0 Å². The third-order valence-electron chi connectivity index (χ3n) is 4.78. The molecule has 146 valence electrons. The van der Waals surface area contributed by atoms with Crippen molar-refractivity contribution >= 4 is 0 Å². The molecule has 0 amide bonds. The lowest BCUT2D eigenvalue weighted by Crippen LogP contribution is -2.15. The number of ether oxygens (including phenoxy) is 2. The van der Waals surface area contributed by atoms with Gasteiger partial charge in [0, 0.05) is 13.2 Å². The molecule has 2 heteroatoms. The van der Waals surface area contributed by atoms with Crippen LogP contribution in [0.2, 0.25) is 0 Å². The molecule has 2 nitrogen and oxygen atoms in total. The lowest BCUT2D eigenvalue weighted by molar-refractivity contribution is 0.0229. The molecule has 0 N–H and O–H groups in total. The van der Waals surface area contributed by atoms with E-state index in [1.165, 1.54) is 77.0 Å². The van der Waals surface area contributed by atoms with Gasteiger partial charge in [0.05, 0.1) is 12.2 Å². The van der Waals surface area contributed by atoms with Crippen LogP contribution >= 0.6 is 0 Å². The minimum atomic E-state index is 0.376. The molecule has 0 rings (SSSR count). The van der Waals surface area contributed by atoms with E-state index in [-0.39, 0.29) is 0 Å². The van der Waals surface area contributed by atoms with Gasteiger partial charge >= 0.3 is 0 Å². The Kier molecular flexibility index (Phi) is 19.2. The molecule has 24 heavy (non-hydrogen) atoms. The molecule has 0 spiro atoms. The van der Waals surface area contributed by atoms with Crippen molar-refractivity contribution in [1.29, 1.82) is 0 Å². The lowest BCUT2D eigenvalue weighted by atomic mass is 10.1. The van der Waals surface area contributed by atoms with Crippen molar-refractivity contribution in [1.82, 2.24) is 0 Å². The summed E-state index contributed by atoms with van der Waals surface area (Å²) < 4.78 is 11.8. The summed E-state index contributed by atoms with van der Waals surface area (Å²) >= 11 is 0. The molecular weight excluding hydrogens is 296 g/mol. The van der Waals surface area contributed by atoms with Crippen LogP contribution in [0.1, 0.15) is 118 Å². The van der Waals surface area contributed by atoms with Gasteiger partial charge in [0.15, 0.2) is 0 Å². The van der Waals surface area contributed by atoms with Crippen LogP contribution in [-0.4, -0.2) is 25.4 Å². The lowest BCUT2D eigenvalue weighted by Gasteiger charge is -2.17. The average Bonchev–Trinajstić information content (AvgIpc) is 2.58. The summed E-state index contributed by atoms with van der Waals surface area (Å²) in [6.45, 7) is 10.8. The molecule has 0 aliphatic carbocycles. The molecule has 0 aromatic rings. The van der Waals surface area contributed by atoms with Crippen LogP contribution < -0.4 is 0 Å². The monoisotopic (exact) mass is 342 g/mol. The van der Waals surface area contributed by atoms with Crippen LogP contribution in [0.15, 0.2) is 0 Å². The summed E-state index contributed by atoms with van der Waals surface area (Å²) in [5.74, 6) is 0. The van der Waals surface area contributed by atoms with Gasteiger partial charge in [0.1, 0.15) is 0 Å². The third kappa shape index (κ3) is 18.3. The molecule has 0 radical (unpaired) electrons. The van der Waals surface area contributed by atoms with Gasteiger partial charge in [0.2, 0.25) is 0 Å². The number of hydrogen-bond acceptors (Lipinski definition) is 2. The zero-order valence-electron chi connectivity index (χ0n) is 17.3. The van der Waals surface area contributed by atoms with Crippen LogP contribution in [0.5, 0.6) is 0 Å². The highest BCUT2D eigenvalue weighted by atomic mass is 16.5. The van der Waals surface area contributed by atoms with Crippen molar-refractivity contribution in [3.05, 3.63) is 0 Å². The first-order valence-corrected chi connectivity index (χ1v) is 10.9. The highest BCUT2D eigenvalue weighted by Crippen LogP contribution is 2.11.